The van der Waals surface area contributed by atoms with Crippen LogP contribution in [0.4, 0.5) is 4.39 Å². The highest BCUT2D eigenvalue weighted by Crippen LogP contribution is 2.09. The topological polar surface area (TPSA) is 42.1 Å². The summed E-state index contributed by atoms with van der Waals surface area (Å²) in [4.78, 5) is 6.12. The van der Waals surface area contributed by atoms with Crippen LogP contribution in [-0.4, -0.2) is 29.0 Å². The van der Waals surface area contributed by atoms with Gasteiger partial charge in [0.25, 0.3) is 0 Å². The third-order valence-corrected chi connectivity index (χ3v) is 2.53. The van der Waals surface area contributed by atoms with E-state index in [9.17, 15) is 4.39 Å². The second-order valence-corrected chi connectivity index (χ2v) is 4.22. The van der Waals surface area contributed by atoms with Gasteiger partial charge < -0.3 is 5.73 Å². The van der Waals surface area contributed by atoms with Crippen LogP contribution in [0.25, 0.3) is 0 Å². The number of rotatable bonds is 6. The lowest BCUT2D eigenvalue weighted by molar-refractivity contribution is 0.211. The van der Waals surface area contributed by atoms with Crippen LogP contribution in [0.15, 0.2) is 18.5 Å². The number of aromatic nitrogens is 1. The smallest absolute Gasteiger partial charge is 0.141 e. The van der Waals surface area contributed by atoms with Crippen LogP contribution < -0.4 is 5.73 Å². The first-order valence-electron chi connectivity index (χ1n) is 5.67. The van der Waals surface area contributed by atoms with Crippen molar-refractivity contribution < 1.29 is 4.39 Å². The Hall–Kier alpha value is -1.00. The quantitative estimate of drug-likeness (QED) is 0.802. The van der Waals surface area contributed by atoms with Crippen molar-refractivity contribution in [1.82, 2.24) is 9.88 Å². The van der Waals surface area contributed by atoms with Gasteiger partial charge in [-0.2, -0.15) is 0 Å². The molecule has 0 atom stereocenters. The van der Waals surface area contributed by atoms with Gasteiger partial charge in [0.2, 0.25) is 0 Å². The van der Waals surface area contributed by atoms with Gasteiger partial charge in [-0.05, 0) is 45.0 Å². The fraction of sp³-hybridized carbons (Fsp3) is 0.583. The lowest BCUT2D eigenvalue weighted by Gasteiger charge is -2.26. The van der Waals surface area contributed by atoms with E-state index in [1.807, 2.05) is 0 Å². The van der Waals surface area contributed by atoms with Gasteiger partial charge in [0.15, 0.2) is 0 Å². The van der Waals surface area contributed by atoms with E-state index >= 15 is 0 Å². The average molecular weight is 225 g/mol. The third-order valence-electron chi connectivity index (χ3n) is 2.53. The van der Waals surface area contributed by atoms with E-state index in [4.69, 9.17) is 5.73 Å². The molecule has 0 aromatic carbocycles. The van der Waals surface area contributed by atoms with E-state index in [-0.39, 0.29) is 5.82 Å². The standard InChI is InChI=1S/C12H20FN3/c1-10(2)16(5-3-4-14)9-11-6-12(13)8-15-7-11/h6-8,10H,3-5,9,14H2,1-2H3. The van der Waals surface area contributed by atoms with Gasteiger partial charge in [0, 0.05) is 18.8 Å². The molecule has 0 amide bonds. The van der Waals surface area contributed by atoms with Crippen LogP contribution in [0.1, 0.15) is 25.8 Å². The minimum atomic E-state index is -0.278. The maximum absolute atomic E-state index is 13.0. The lowest BCUT2D eigenvalue weighted by atomic mass is 10.2. The zero-order valence-electron chi connectivity index (χ0n) is 9.99. The van der Waals surface area contributed by atoms with Crippen LogP contribution in [-0.2, 0) is 6.54 Å². The van der Waals surface area contributed by atoms with Crippen molar-refractivity contribution in [1.29, 1.82) is 0 Å². The first-order chi connectivity index (χ1) is 7.63. The maximum atomic E-state index is 13.0. The molecular weight excluding hydrogens is 205 g/mol. The highest BCUT2D eigenvalue weighted by atomic mass is 19.1. The molecule has 1 aromatic heterocycles. The zero-order chi connectivity index (χ0) is 12.0. The van der Waals surface area contributed by atoms with Crippen molar-refractivity contribution in [2.45, 2.75) is 32.9 Å². The maximum Gasteiger partial charge on any atom is 0.141 e. The third kappa shape index (κ3) is 4.24. The molecule has 0 saturated heterocycles. The summed E-state index contributed by atoms with van der Waals surface area (Å²) in [5.74, 6) is -0.278. The SMILES string of the molecule is CC(C)N(CCCN)Cc1cncc(F)c1. The Labute approximate surface area is 96.5 Å². The van der Waals surface area contributed by atoms with Gasteiger partial charge in [0.1, 0.15) is 5.82 Å². The van der Waals surface area contributed by atoms with Gasteiger partial charge in [-0.25, -0.2) is 4.39 Å². The first-order valence-corrected chi connectivity index (χ1v) is 5.67. The number of nitrogens with two attached hydrogens (primary N) is 1. The van der Waals surface area contributed by atoms with Crippen molar-refractivity contribution in [2.75, 3.05) is 13.1 Å². The van der Waals surface area contributed by atoms with Gasteiger partial charge in [-0.3, -0.25) is 9.88 Å². The van der Waals surface area contributed by atoms with Crippen molar-refractivity contribution in [3.63, 3.8) is 0 Å². The van der Waals surface area contributed by atoms with E-state index in [1.54, 1.807) is 6.20 Å². The number of pyridine rings is 1. The van der Waals surface area contributed by atoms with Crippen molar-refractivity contribution in [3.8, 4) is 0 Å². The summed E-state index contributed by atoms with van der Waals surface area (Å²) in [6.07, 6.45) is 3.89. The molecule has 90 valence electrons. The van der Waals surface area contributed by atoms with Crippen LogP contribution in [0.3, 0.4) is 0 Å². The molecule has 1 rings (SSSR count). The lowest BCUT2D eigenvalue weighted by Crippen LogP contribution is -2.32. The van der Waals surface area contributed by atoms with Crippen LogP contribution in [0, 0.1) is 5.82 Å². The summed E-state index contributed by atoms with van der Waals surface area (Å²) >= 11 is 0. The van der Waals surface area contributed by atoms with Gasteiger partial charge >= 0.3 is 0 Å². The van der Waals surface area contributed by atoms with Gasteiger partial charge in [-0.1, -0.05) is 0 Å². The second kappa shape index (κ2) is 6.55. The first kappa shape index (κ1) is 13.1. The van der Waals surface area contributed by atoms with Crippen LogP contribution in [0.5, 0.6) is 0 Å². The Bertz CT molecular complexity index is 315. The normalized spacial score (nSPS) is 11.4. The monoisotopic (exact) mass is 225 g/mol. The molecule has 0 saturated carbocycles. The molecule has 1 aromatic rings. The number of hydrogen-bond donors (Lipinski definition) is 1. The summed E-state index contributed by atoms with van der Waals surface area (Å²) in [6, 6.07) is 1.96. The molecule has 0 aliphatic rings. The molecule has 0 radical (unpaired) electrons. The summed E-state index contributed by atoms with van der Waals surface area (Å²) in [5.41, 5.74) is 6.40. The molecule has 3 nitrogen and oxygen atoms in total. The molecule has 0 unspecified atom stereocenters. The molecule has 0 aliphatic heterocycles. The fourth-order valence-corrected chi connectivity index (χ4v) is 1.59. The zero-order valence-corrected chi connectivity index (χ0v) is 9.99. The van der Waals surface area contributed by atoms with Gasteiger partial charge in [-0.15, -0.1) is 0 Å². The van der Waals surface area contributed by atoms with Crippen LogP contribution in [0.2, 0.25) is 0 Å². The van der Waals surface area contributed by atoms with Crippen molar-refractivity contribution in [2.24, 2.45) is 5.73 Å². The molecule has 0 spiro atoms. The highest BCUT2D eigenvalue weighted by Gasteiger charge is 2.09. The molecule has 2 N–H and O–H groups in total. The Morgan fingerprint density at radius 3 is 2.75 bits per heavy atom. The average Bonchev–Trinajstić information content (AvgIpc) is 2.24. The summed E-state index contributed by atoms with van der Waals surface area (Å²) < 4.78 is 13.0. The largest absolute Gasteiger partial charge is 0.330 e. The summed E-state index contributed by atoms with van der Waals surface area (Å²) in [5, 5.41) is 0. The highest BCUT2D eigenvalue weighted by molar-refractivity contribution is 5.10. The van der Waals surface area contributed by atoms with E-state index in [0.29, 0.717) is 12.6 Å². The number of nitrogens with zero attached hydrogens (tertiary/aromatic N) is 2. The Kier molecular flexibility index (Phi) is 5.35. The van der Waals surface area contributed by atoms with E-state index in [0.717, 1.165) is 25.1 Å². The summed E-state index contributed by atoms with van der Waals surface area (Å²) in [6.45, 7) is 6.60. The molecule has 4 heteroatoms. The predicted octanol–water partition coefficient (Wildman–Crippen LogP) is 1.78. The van der Waals surface area contributed by atoms with Crippen LogP contribution >= 0.6 is 0 Å². The molecule has 1 heterocycles. The Morgan fingerprint density at radius 1 is 1.44 bits per heavy atom. The molecular formula is C12H20FN3. The minimum Gasteiger partial charge on any atom is -0.330 e. The van der Waals surface area contributed by atoms with Crippen molar-refractivity contribution >= 4 is 0 Å². The second-order valence-electron chi connectivity index (χ2n) is 4.22. The Balaban J connectivity index is 2.60. The van der Waals surface area contributed by atoms with Crippen molar-refractivity contribution in [3.05, 3.63) is 29.8 Å². The number of hydrogen-bond acceptors (Lipinski definition) is 3. The van der Waals surface area contributed by atoms with Gasteiger partial charge in [0.05, 0.1) is 6.20 Å². The number of halogens is 1. The van der Waals surface area contributed by atoms with E-state index < -0.39 is 0 Å². The Morgan fingerprint density at radius 2 is 2.19 bits per heavy atom. The fourth-order valence-electron chi connectivity index (χ4n) is 1.59. The predicted molar refractivity (Wildman–Crippen MR) is 63.4 cm³/mol. The molecule has 0 aliphatic carbocycles. The molecule has 0 bridgehead atoms. The minimum absolute atomic E-state index is 0.278. The molecule has 0 fully saturated rings. The summed E-state index contributed by atoms with van der Waals surface area (Å²) in [7, 11) is 0. The molecule has 16 heavy (non-hydrogen) atoms. The van der Waals surface area contributed by atoms with E-state index in [1.165, 1.54) is 12.3 Å². The van der Waals surface area contributed by atoms with E-state index in [2.05, 4.69) is 23.7 Å².